The first-order chi connectivity index (χ1) is 10.1. The number of hydrogen-bond donors (Lipinski definition) is 1. The molecule has 2 rings (SSSR count). The zero-order valence-electron chi connectivity index (χ0n) is 13.0. The van der Waals surface area contributed by atoms with Gasteiger partial charge in [-0.05, 0) is 31.1 Å². The third-order valence-corrected chi connectivity index (χ3v) is 4.09. The van der Waals surface area contributed by atoms with Crippen molar-refractivity contribution in [3.05, 3.63) is 11.8 Å². The minimum atomic E-state index is -0.293. The molecule has 1 amide bonds. The van der Waals surface area contributed by atoms with Gasteiger partial charge in [0, 0.05) is 32.4 Å². The highest BCUT2D eigenvalue weighted by Gasteiger charge is 2.22. The van der Waals surface area contributed by atoms with Crippen LogP contribution in [-0.2, 0) is 9.53 Å². The van der Waals surface area contributed by atoms with Crippen LogP contribution in [-0.4, -0.2) is 43.2 Å². The summed E-state index contributed by atoms with van der Waals surface area (Å²) in [6.07, 6.45) is 5.05. The Bertz CT molecular complexity index is 425. The van der Waals surface area contributed by atoms with Gasteiger partial charge in [0.2, 0.25) is 0 Å². The molecule has 0 radical (unpaired) electrons. The minimum absolute atomic E-state index is 0.101. The summed E-state index contributed by atoms with van der Waals surface area (Å²) in [5.41, 5.74) is 0.189. The molecule has 0 saturated carbocycles. The minimum Gasteiger partial charge on any atom is -0.376 e. The van der Waals surface area contributed by atoms with E-state index in [1.54, 1.807) is 6.20 Å². The van der Waals surface area contributed by atoms with E-state index in [1.165, 1.54) is 6.42 Å². The van der Waals surface area contributed by atoms with Crippen molar-refractivity contribution in [3.63, 3.8) is 0 Å². The molecule has 2 aliphatic heterocycles. The third kappa shape index (κ3) is 4.75. The van der Waals surface area contributed by atoms with Crippen LogP contribution in [0.1, 0.15) is 33.1 Å². The normalized spacial score (nSPS) is 30.0. The average Bonchev–Trinajstić information content (AvgIpc) is 2.94. The molecule has 2 aliphatic rings. The lowest BCUT2D eigenvalue weighted by molar-refractivity contribution is -0.117. The highest BCUT2D eigenvalue weighted by Crippen LogP contribution is 2.21. The summed E-state index contributed by atoms with van der Waals surface area (Å²) in [6.45, 7) is 7.50. The molecule has 0 aromatic heterocycles. The summed E-state index contributed by atoms with van der Waals surface area (Å²) >= 11 is 0. The number of nitriles is 1. The van der Waals surface area contributed by atoms with Crippen molar-refractivity contribution in [2.45, 2.75) is 39.2 Å². The topological polar surface area (TPSA) is 65.4 Å². The van der Waals surface area contributed by atoms with Crippen LogP contribution in [0, 0.1) is 23.2 Å². The molecule has 5 heteroatoms. The maximum atomic E-state index is 12.1. The lowest BCUT2D eigenvalue weighted by Crippen LogP contribution is -2.37. The van der Waals surface area contributed by atoms with Gasteiger partial charge in [-0.2, -0.15) is 5.26 Å². The van der Waals surface area contributed by atoms with Gasteiger partial charge >= 0.3 is 0 Å². The van der Waals surface area contributed by atoms with Crippen molar-refractivity contribution in [2.75, 3.05) is 26.2 Å². The van der Waals surface area contributed by atoms with Crippen LogP contribution in [0.3, 0.4) is 0 Å². The summed E-state index contributed by atoms with van der Waals surface area (Å²) in [4.78, 5) is 14.2. The van der Waals surface area contributed by atoms with E-state index >= 15 is 0 Å². The predicted octanol–water partition coefficient (Wildman–Crippen LogP) is 1.67. The average molecular weight is 291 g/mol. The second-order valence-corrected chi connectivity index (χ2v) is 6.40. The first-order valence-corrected chi connectivity index (χ1v) is 7.84. The summed E-state index contributed by atoms with van der Waals surface area (Å²) in [6, 6.07) is 2.02. The first kappa shape index (κ1) is 15.8. The van der Waals surface area contributed by atoms with Crippen LogP contribution >= 0.6 is 0 Å². The molecule has 1 N–H and O–H groups in total. The Balaban J connectivity index is 1.89. The second kappa shape index (κ2) is 7.46. The van der Waals surface area contributed by atoms with Crippen LogP contribution in [0.4, 0.5) is 0 Å². The zero-order valence-corrected chi connectivity index (χ0v) is 13.0. The van der Waals surface area contributed by atoms with E-state index in [0.29, 0.717) is 18.4 Å². The lowest BCUT2D eigenvalue weighted by Gasteiger charge is -2.34. The van der Waals surface area contributed by atoms with Crippen LogP contribution in [0.5, 0.6) is 0 Å². The summed E-state index contributed by atoms with van der Waals surface area (Å²) in [7, 11) is 0. The molecule has 0 spiro atoms. The fraction of sp³-hybridized carbons (Fsp3) is 0.750. The van der Waals surface area contributed by atoms with E-state index in [2.05, 4.69) is 24.1 Å². The number of likely N-dealkylation sites (tertiary alicyclic amines) is 1. The van der Waals surface area contributed by atoms with E-state index in [9.17, 15) is 10.1 Å². The van der Waals surface area contributed by atoms with Gasteiger partial charge in [-0.1, -0.05) is 13.8 Å². The van der Waals surface area contributed by atoms with Gasteiger partial charge in [0.1, 0.15) is 11.6 Å². The molecule has 2 fully saturated rings. The largest absolute Gasteiger partial charge is 0.376 e. The zero-order chi connectivity index (χ0) is 15.2. The Kier molecular flexibility index (Phi) is 5.63. The molecular formula is C16H25N3O2. The Morgan fingerprint density at radius 3 is 2.71 bits per heavy atom. The van der Waals surface area contributed by atoms with Crippen molar-refractivity contribution in [2.24, 2.45) is 11.8 Å². The number of piperidine rings is 1. The maximum absolute atomic E-state index is 12.1. The van der Waals surface area contributed by atoms with Crippen LogP contribution in [0.2, 0.25) is 0 Å². The summed E-state index contributed by atoms with van der Waals surface area (Å²) in [5, 5.41) is 12.0. The molecule has 3 unspecified atom stereocenters. The Morgan fingerprint density at radius 2 is 2.14 bits per heavy atom. The molecule has 5 nitrogen and oxygen atoms in total. The molecule has 0 aliphatic carbocycles. The third-order valence-electron chi connectivity index (χ3n) is 4.09. The number of nitrogens with one attached hydrogen (secondary N) is 1. The predicted molar refractivity (Wildman–Crippen MR) is 80.2 cm³/mol. The fourth-order valence-electron chi connectivity index (χ4n) is 3.24. The summed E-state index contributed by atoms with van der Waals surface area (Å²) in [5.74, 6) is 0.902. The second-order valence-electron chi connectivity index (χ2n) is 6.40. The number of carbonyl (C=O) groups is 1. The Morgan fingerprint density at radius 1 is 1.43 bits per heavy atom. The monoisotopic (exact) mass is 291 g/mol. The van der Waals surface area contributed by atoms with Crippen molar-refractivity contribution >= 4 is 5.91 Å². The quantitative estimate of drug-likeness (QED) is 0.632. The van der Waals surface area contributed by atoms with E-state index in [-0.39, 0.29) is 17.6 Å². The number of rotatable bonds is 4. The van der Waals surface area contributed by atoms with Crippen molar-refractivity contribution < 1.29 is 9.53 Å². The van der Waals surface area contributed by atoms with Crippen molar-refractivity contribution in [3.8, 4) is 6.07 Å². The van der Waals surface area contributed by atoms with Gasteiger partial charge in [0.15, 0.2) is 0 Å². The van der Waals surface area contributed by atoms with Crippen molar-refractivity contribution in [1.29, 1.82) is 5.26 Å². The number of amides is 1. The van der Waals surface area contributed by atoms with Gasteiger partial charge < -0.3 is 15.0 Å². The Hall–Kier alpha value is -1.54. The van der Waals surface area contributed by atoms with E-state index < -0.39 is 0 Å². The number of hydrogen-bond acceptors (Lipinski definition) is 4. The molecule has 21 heavy (non-hydrogen) atoms. The first-order valence-electron chi connectivity index (χ1n) is 7.84. The van der Waals surface area contributed by atoms with Gasteiger partial charge in [0.05, 0.1) is 6.10 Å². The number of carbonyl (C=O) groups excluding carboxylic acids is 1. The molecular weight excluding hydrogens is 266 g/mol. The fourth-order valence-corrected chi connectivity index (χ4v) is 3.24. The van der Waals surface area contributed by atoms with E-state index in [1.807, 2.05) is 6.07 Å². The number of ether oxygens (including phenoxy) is 1. The van der Waals surface area contributed by atoms with Crippen LogP contribution in [0.15, 0.2) is 11.8 Å². The van der Waals surface area contributed by atoms with Gasteiger partial charge in [-0.25, -0.2) is 0 Å². The highest BCUT2D eigenvalue weighted by molar-refractivity contribution is 5.97. The molecule has 3 atom stereocenters. The van der Waals surface area contributed by atoms with Crippen LogP contribution < -0.4 is 5.32 Å². The van der Waals surface area contributed by atoms with Gasteiger partial charge in [0.25, 0.3) is 5.91 Å². The molecule has 116 valence electrons. The smallest absolute Gasteiger partial charge is 0.263 e. The van der Waals surface area contributed by atoms with Crippen molar-refractivity contribution in [1.82, 2.24) is 10.2 Å². The summed E-state index contributed by atoms with van der Waals surface area (Å²) < 4.78 is 5.47. The highest BCUT2D eigenvalue weighted by atomic mass is 16.5. The molecule has 0 aromatic carbocycles. The molecule has 2 heterocycles. The molecule has 2 saturated heterocycles. The maximum Gasteiger partial charge on any atom is 0.263 e. The SMILES string of the molecule is CC1CC(C)CN(/C=C(/C#N)C(=O)NCC2CCCO2)C1. The standard InChI is InChI=1S/C16H25N3O2/c1-12-6-13(2)10-19(9-12)11-14(7-17)16(20)18-8-15-4-3-5-21-15/h11-13,15H,3-6,8-10H2,1-2H3,(H,18,20)/b14-11-. The van der Waals surface area contributed by atoms with Crippen LogP contribution in [0.25, 0.3) is 0 Å². The van der Waals surface area contributed by atoms with Gasteiger partial charge in [-0.15, -0.1) is 0 Å². The lowest BCUT2D eigenvalue weighted by atomic mass is 9.92. The molecule has 0 aromatic rings. The molecule has 0 bridgehead atoms. The number of nitrogens with zero attached hydrogens (tertiary/aromatic N) is 2. The Labute approximate surface area is 126 Å². The van der Waals surface area contributed by atoms with Gasteiger partial charge in [-0.3, -0.25) is 4.79 Å². The van der Waals surface area contributed by atoms with E-state index in [0.717, 1.165) is 32.5 Å². The van der Waals surface area contributed by atoms with E-state index in [4.69, 9.17) is 4.74 Å².